The molecule has 2 aliphatic rings. The van der Waals surface area contributed by atoms with Crippen LogP contribution in [0.4, 0.5) is 5.69 Å². The maximum absolute atomic E-state index is 14.0. The maximum atomic E-state index is 14.0. The predicted octanol–water partition coefficient (Wildman–Crippen LogP) is 5.00. The van der Waals surface area contributed by atoms with Gasteiger partial charge in [-0.1, -0.05) is 59.5 Å². The third-order valence-corrected chi connectivity index (χ3v) is 9.65. The summed E-state index contributed by atoms with van der Waals surface area (Å²) in [6.45, 7) is 2.31. The van der Waals surface area contributed by atoms with E-state index in [1.165, 1.54) is 28.8 Å². The molecule has 42 heavy (non-hydrogen) atoms. The number of methoxy groups -OCH3 is 1. The van der Waals surface area contributed by atoms with E-state index in [4.69, 9.17) is 14.2 Å². The first-order valence-electron chi connectivity index (χ1n) is 13.3. The summed E-state index contributed by atoms with van der Waals surface area (Å²) in [6, 6.07) is 21.4. The minimum Gasteiger partial charge on any atom is -0.493 e. The van der Waals surface area contributed by atoms with Gasteiger partial charge in [0.2, 0.25) is 11.8 Å². The van der Waals surface area contributed by atoms with Gasteiger partial charge in [0.1, 0.15) is 11.9 Å². The number of amides is 2. The number of thioether (sulfide) groups is 1. The van der Waals surface area contributed by atoms with E-state index in [1.54, 1.807) is 38.3 Å². The highest BCUT2D eigenvalue weighted by atomic mass is 32.2. The minimum atomic E-state index is -0.757. The lowest BCUT2D eigenvalue weighted by molar-refractivity contribution is -0.122. The summed E-state index contributed by atoms with van der Waals surface area (Å²) >= 11 is 2.24. The fourth-order valence-corrected chi connectivity index (χ4v) is 7.84. The molecular weight excluding hydrogens is 576 g/mol. The Morgan fingerprint density at radius 3 is 2.43 bits per heavy atom. The minimum absolute atomic E-state index is 0.239. The smallest absolute Gasteiger partial charge is 0.338 e. The molecule has 0 aliphatic carbocycles. The van der Waals surface area contributed by atoms with Gasteiger partial charge in [-0.25, -0.2) is 9.69 Å². The summed E-state index contributed by atoms with van der Waals surface area (Å²) in [6.07, 6.45) is 0. The zero-order chi connectivity index (χ0) is 29.4. The highest BCUT2D eigenvalue weighted by Crippen LogP contribution is 2.53. The monoisotopic (exact) mass is 602 g/mol. The molecule has 2 unspecified atom stereocenters. The molecule has 2 aliphatic heterocycles. The molecule has 9 nitrogen and oxygen atoms in total. The fourth-order valence-electron chi connectivity index (χ4n) is 5.32. The Balaban J connectivity index is 1.34. The van der Waals surface area contributed by atoms with E-state index in [1.807, 2.05) is 36.4 Å². The number of H-pyrrole nitrogens is 1. The van der Waals surface area contributed by atoms with E-state index < -0.39 is 23.1 Å². The molecule has 214 valence electrons. The normalized spacial score (nSPS) is 19.3. The number of fused-ring (bicyclic) bond motifs is 2. The van der Waals surface area contributed by atoms with Crippen molar-refractivity contribution in [1.29, 1.82) is 0 Å². The van der Waals surface area contributed by atoms with Gasteiger partial charge in [-0.2, -0.15) is 0 Å². The Bertz CT molecular complexity index is 1720. The van der Waals surface area contributed by atoms with Gasteiger partial charge >= 0.3 is 10.8 Å². The average Bonchev–Trinajstić information content (AvgIpc) is 3.50. The number of imide groups is 1. The number of anilines is 1. The van der Waals surface area contributed by atoms with Crippen LogP contribution in [0.1, 0.15) is 39.2 Å². The zero-order valence-corrected chi connectivity index (χ0v) is 24.3. The van der Waals surface area contributed by atoms with Crippen molar-refractivity contribution in [3.63, 3.8) is 0 Å². The van der Waals surface area contributed by atoms with Crippen LogP contribution in [0.25, 0.3) is 0 Å². The summed E-state index contributed by atoms with van der Waals surface area (Å²) in [4.78, 5) is 56.7. The van der Waals surface area contributed by atoms with Crippen LogP contribution in [0.15, 0.2) is 82.6 Å². The summed E-state index contributed by atoms with van der Waals surface area (Å²) < 4.78 is 16.7. The summed E-state index contributed by atoms with van der Waals surface area (Å²) in [5.74, 6) is -1.54. The molecule has 4 aromatic rings. The van der Waals surface area contributed by atoms with Gasteiger partial charge in [0.25, 0.3) is 0 Å². The molecule has 1 aromatic heterocycles. The van der Waals surface area contributed by atoms with Crippen LogP contribution in [-0.2, 0) is 20.9 Å². The number of ether oxygens (including phenoxy) is 3. The highest BCUT2D eigenvalue weighted by molar-refractivity contribution is 8.00. The van der Waals surface area contributed by atoms with E-state index >= 15 is 0 Å². The van der Waals surface area contributed by atoms with Crippen LogP contribution < -0.4 is 19.2 Å². The summed E-state index contributed by atoms with van der Waals surface area (Å²) in [5, 5.41) is -0.162. The van der Waals surface area contributed by atoms with E-state index in [-0.39, 0.29) is 23.3 Å². The van der Waals surface area contributed by atoms with Crippen LogP contribution in [0, 0.1) is 5.92 Å². The number of carbonyl (C=O) groups excluding carboxylic acids is 3. The molecule has 1 saturated heterocycles. The second kappa shape index (κ2) is 11.5. The number of esters is 1. The summed E-state index contributed by atoms with van der Waals surface area (Å²) in [7, 11) is 1.54. The van der Waals surface area contributed by atoms with Gasteiger partial charge in [0, 0.05) is 10.8 Å². The molecule has 2 amide bonds. The second-order valence-corrected chi connectivity index (χ2v) is 11.9. The van der Waals surface area contributed by atoms with Gasteiger partial charge in [-0.05, 0) is 54.4 Å². The third kappa shape index (κ3) is 4.99. The van der Waals surface area contributed by atoms with E-state index in [0.29, 0.717) is 39.3 Å². The zero-order valence-electron chi connectivity index (χ0n) is 22.7. The van der Waals surface area contributed by atoms with Crippen molar-refractivity contribution in [2.24, 2.45) is 5.92 Å². The van der Waals surface area contributed by atoms with E-state index in [9.17, 15) is 19.2 Å². The second-order valence-electron chi connectivity index (χ2n) is 9.71. The number of hydrogen-bond donors (Lipinski definition) is 1. The van der Waals surface area contributed by atoms with Crippen molar-refractivity contribution in [3.05, 3.63) is 104 Å². The van der Waals surface area contributed by atoms with Crippen molar-refractivity contribution in [2.75, 3.05) is 18.6 Å². The average molecular weight is 603 g/mol. The number of aromatic nitrogens is 1. The molecule has 3 atom stereocenters. The first-order chi connectivity index (χ1) is 20.4. The van der Waals surface area contributed by atoms with E-state index in [0.717, 1.165) is 22.5 Å². The van der Waals surface area contributed by atoms with Crippen LogP contribution in [0.2, 0.25) is 0 Å². The standard InChI is InChI=1S/C31H26N2O7S2/c1-3-39-30(36)18-9-12-20(13-10-18)33-28(34)24-23(25-27(32-31(37)42-25)41-26(24)29(33)35)19-11-14-21(22(15-19)38-2)40-16-17-7-5-4-6-8-17/h4-15,23-24,26H,3,16H2,1-2H3,(H,32,37)/t23-,24?,26?/m1/s1. The van der Waals surface area contributed by atoms with Crippen molar-refractivity contribution in [1.82, 2.24) is 4.98 Å². The highest BCUT2D eigenvalue weighted by Gasteiger charge is 2.56. The number of thiazole rings is 1. The SMILES string of the molecule is CCOC(=O)c1ccc(N2C(=O)C3Sc4[nH]c(=O)sc4[C@H](c4ccc(OCc5ccccc5)c(OC)c4)C3C2=O)cc1. The number of benzene rings is 3. The van der Waals surface area contributed by atoms with Gasteiger partial charge in [-0.3, -0.25) is 14.4 Å². The number of rotatable bonds is 8. The van der Waals surface area contributed by atoms with Crippen LogP contribution >= 0.6 is 23.1 Å². The first-order valence-corrected chi connectivity index (χ1v) is 15.0. The molecule has 1 fully saturated rings. The lowest BCUT2D eigenvalue weighted by Crippen LogP contribution is -2.32. The van der Waals surface area contributed by atoms with Crippen LogP contribution in [-0.4, -0.2) is 41.7 Å². The quantitative estimate of drug-likeness (QED) is 0.222. The maximum Gasteiger partial charge on any atom is 0.338 e. The molecule has 0 spiro atoms. The van der Waals surface area contributed by atoms with Gasteiger partial charge in [0.05, 0.1) is 35.9 Å². The Labute approximate surface area is 249 Å². The Morgan fingerprint density at radius 1 is 0.952 bits per heavy atom. The summed E-state index contributed by atoms with van der Waals surface area (Å²) in [5.41, 5.74) is 2.42. The Kier molecular flexibility index (Phi) is 7.61. The van der Waals surface area contributed by atoms with Gasteiger partial charge in [0.15, 0.2) is 11.5 Å². The first kappa shape index (κ1) is 27.8. The van der Waals surface area contributed by atoms with Crippen molar-refractivity contribution in [2.45, 2.75) is 29.7 Å². The third-order valence-electron chi connectivity index (χ3n) is 7.24. The van der Waals surface area contributed by atoms with E-state index in [2.05, 4.69) is 4.98 Å². The Hall–Kier alpha value is -4.35. The lowest BCUT2D eigenvalue weighted by Gasteiger charge is -2.30. The van der Waals surface area contributed by atoms with Crippen molar-refractivity contribution in [3.8, 4) is 11.5 Å². The molecule has 0 bridgehead atoms. The number of hydrogen-bond acceptors (Lipinski definition) is 9. The van der Waals surface area contributed by atoms with Crippen LogP contribution in [0.5, 0.6) is 11.5 Å². The molecule has 11 heteroatoms. The largest absolute Gasteiger partial charge is 0.493 e. The lowest BCUT2D eigenvalue weighted by atomic mass is 9.83. The molecule has 3 heterocycles. The molecule has 0 saturated carbocycles. The number of aromatic amines is 1. The van der Waals surface area contributed by atoms with Gasteiger partial charge in [-0.15, -0.1) is 0 Å². The van der Waals surface area contributed by atoms with Crippen molar-refractivity contribution < 1.29 is 28.6 Å². The van der Waals surface area contributed by atoms with Crippen molar-refractivity contribution >= 4 is 46.6 Å². The Morgan fingerprint density at radius 2 is 1.71 bits per heavy atom. The number of nitrogens with zero attached hydrogens (tertiary/aromatic N) is 1. The fraction of sp³-hybridized carbons (Fsp3) is 0.226. The molecular formula is C31H26N2O7S2. The van der Waals surface area contributed by atoms with Gasteiger partial charge < -0.3 is 19.2 Å². The predicted molar refractivity (Wildman–Crippen MR) is 159 cm³/mol. The molecule has 3 aromatic carbocycles. The molecule has 6 rings (SSSR count). The molecule has 0 radical (unpaired) electrons. The topological polar surface area (TPSA) is 115 Å². The van der Waals surface area contributed by atoms with Crippen LogP contribution in [0.3, 0.4) is 0 Å². The number of nitrogens with one attached hydrogen (secondary N) is 1. The molecule has 1 N–H and O–H groups in total. The number of carbonyl (C=O) groups is 3.